The standard InChI is InChI=1S/C15H32N2/c1-11(2)9-17(6)10-13-7-8-14(16)12(3)15(13,4)5/h11-14H,7-10,16H2,1-6H3. The minimum atomic E-state index is 0.378. The summed E-state index contributed by atoms with van der Waals surface area (Å²) in [5.74, 6) is 2.18. The monoisotopic (exact) mass is 240 g/mol. The Morgan fingerprint density at radius 2 is 1.88 bits per heavy atom. The quantitative estimate of drug-likeness (QED) is 0.818. The van der Waals surface area contributed by atoms with E-state index in [9.17, 15) is 0 Å². The summed E-state index contributed by atoms with van der Waals surface area (Å²) in [4.78, 5) is 2.50. The SMILES string of the molecule is CC(C)CN(C)CC1CCC(N)C(C)C1(C)C. The zero-order valence-corrected chi connectivity index (χ0v) is 12.7. The minimum Gasteiger partial charge on any atom is -0.327 e. The van der Waals surface area contributed by atoms with E-state index in [2.05, 4.69) is 46.6 Å². The van der Waals surface area contributed by atoms with E-state index >= 15 is 0 Å². The number of nitrogens with zero attached hydrogens (tertiary/aromatic N) is 1. The highest BCUT2D eigenvalue weighted by Gasteiger charge is 2.41. The first-order valence-electron chi connectivity index (χ1n) is 7.19. The van der Waals surface area contributed by atoms with Gasteiger partial charge in [0.15, 0.2) is 0 Å². The van der Waals surface area contributed by atoms with Gasteiger partial charge in [0.25, 0.3) is 0 Å². The van der Waals surface area contributed by atoms with E-state index in [-0.39, 0.29) is 0 Å². The van der Waals surface area contributed by atoms with Crippen molar-refractivity contribution in [1.82, 2.24) is 4.90 Å². The molecule has 3 unspecified atom stereocenters. The van der Waals surface area contributed by atoms with E-state index in [1.807, 2.05) is 0 Å². The molecule has 0 aromatic carbocycles. The van der Waals surface area contributed by atoms with Crippen LogP contribution < -0.4 is 5.73 Å². The molecule has 0 bridgehead atoms. The summed E-state index contributed by atoms with van der Waals surface area (Å²) in [7, 11) is 2.26. The molecule has 1 aliphatic carbocycles. The molecule has 0 heterocycles. The summed E-state index contributed by atoms with van der Waals surface area (Å²) in [6.45, 7) is 14.2. The van der Waals surface area contributed by atoms with Gasteiger partial charge in [-0.2, -0.15) is 0 Å². The Bertz CT molecular complexity index is 235. The highest BCUT2D eigenvalue weighted by Crippen LogP contribution is 2.44. The van der Waals surface area contributed by atoms with Crippen molar-refractivity contribution in [2.75, 3.05) is 20.1 Å². The summed E-state index contributed by atoms with van der Waals surface area (Å²) in [6, 6.07) is 0.400. The zero-order chi connectivity index (χ0) is 13.2. The highest BCUT2D eigenvalue weighted by atomic mass is 15.1. The van der Waals surface area contributed by atoms with Crippen molar-refractivity contribution >= 4 is 0 Å². The Labute approximate surface area is 108 Å². The molecule has 0 aromatic heterocycles. The van der Waals surface area contributed by atoms with E-state index in [1.54, 1.807) is 0 Å². The van der Waals surface area contributed by atoms with E-state index in [0.717, 1.165) is 11.8 Å². The van der Waals surface area contributed by atoms with Gasteiger partial charge >= 0.3 is 0 Å². The van der Waals surface area contributed by atoms with E-state index in [0.29, 0.717) is 17.4 Å². The van der Waals surface area contributed by atoms with Crippen LogP contribution in [0.3, 0.4) is 0 Å². The molecule has 0 amide bonds. The van der Waals surface area contributed by atoms with Crippen LogP contribution in [0.2, 0.25) is 0 Å². The molecule has 2 heteroatoms. The number of hydrogen-bond donors (Lipinski definition) is 1. The highest BCUT2D eigenvalue weighted by molar-refractivity contribution is 4.94. The maximum absolute atomic E-state index is 6.21. The predicted molar refractivity (Wildman–Crippen MR) is 76.0 cm³/mol. The minimum absolute atomic E-state index is 0.378. The Morgan fingerprint density at radius 1 is 1.29 bits per heavy atom. The molecular weight excluding hydrogens is 208 g/mol. The maximum Gasteiger partial charge on any atom is 0.00698 e. The molecule has 3 atom stereocenters. The molecule has 2 N–H and O–H groups in total. The molecule has 1 aliphatic rings. The third-order valence-electron chi connectivity index (χ3n) is 4.93. The molecule has 0 radical (unpaired) electrons. The van der Waals surface area contributed by atoms with Crippen LogP contribution in [-0.4, -0.2) is 31.1 Å². The van der Waals surface area contributed by atoms with Crippen LogP contribution >= 0.6 is 0 Å². The van der Waals surface area contributed by atoms with Crippen molar-refractivity contribution < 1.29 is 0 Å². The fraction of sp³-hybridized carbons (Fsp3) is 1.00. The van der Waals surface area contributed by atoms with Crippen LogP contribution in [0.25, 0.3) is 0 Å². The first kappa shape index (κ1) is 15.0. The van der Waals surface area contributed by atoms with Gasteiger partial charge in [-0.1, -0.05) is 34.6 Å². The fourth-order valence-corrected chi connectivity index (χ4v) is 3.34. The molecule has 0 saturated heterocycles. The van der Waals surface area contributed by atoms with Crippen molar-refractivity contribution in [2.24, 2.45) is 28.9 Å². The van der Waals surface area contributed by atoms with Crippen LogP contribution in [0.1, 0.15) is 47.5 Å². The number of hydrogen-bond acceptors (Lipinski definition) is 2. The molecule has 0 aliphatic heterocycles. The van der Waals surface area contributed by atoms with Crippen LogP contribution in [0.15, 0.2) is 0 Å². The summed E-state index contributed by atoms with van der Waals surface area (Å²) in [5.41, 5.74) is 6.59. The summed E-state index contributed by atoms with van der Waals surface area (Å²) < 4.78 is 0. The molecule has 0 aromatic rings. The average Bonchev–Trinajstić information content (AvgIpc) is 2.19. The second kappa shape index (κ2) is 5.71. The van der Waals surface area contributed by atoms with Crippen LogP contribution in [0, 0.1) is 23.2 Å². The average molecular weight is 240 g/mol. The normalized spacial score (nSPS) is 33.4. The third kappa shape index (κ3) is 3.69. The number of rotatable bonds is 4. The van der Waals surface area contributed by atoms with Gasteiger partial charge in [-0.15, -0.1) is 0 Å². The van der Waals surface area contributed by atoms with Gasteiger partial charge < -0.3 is 10.6 Å². The summed E-state index contributed by atoms with van der Waals surface area (Å²) in [5, 5.41) is 0. The molecule has 102 valence electrons. The molecule has 1 saturated carbocycles. The fourth-order valence-electron chi connectivity index (χ4n) is 3.34. The maximum atomic E-state index is 6.21. The van der Waals surface area contributed by atoms with Gasteiger partial charge in [0.05, 0.1) is 0 Å². The smallest absolute Gasteiger partial charge is 0.00698 e. The zero-order valence-electron chi connectivity index (χ0n) is 12.7. The van der Waals surface area contributed by atoms with Crippen molar-refractivity contribution in [3.63, 3.8) is 0 Å². The van der Waals surface area contributed by atoms with Crippen molar-refractivity contribution in [1.29, 1.82) is 0 Å². The summed E-state index contributed by atoms with van der Waals surface area (Å²) in [6.07, 6.45) is 2.49. The second-order valence-corrected chi connectivity index (χ2v) is 7.16. The third-order valence-corrected chi connectivity index (χ3v) is 4.93. The van der Waals surface area contributed by atoms with Gasteiger partial charge in [0.2, 0.25) is 0 Å². The van der Waals surface area contributed by atoms with Gasteiger partial charge in [-0.05, 0) is 43.1 Å². The van der Waals surface area contributed by atoms with Crippen LogP contribution in [0.5, 0.6) is 0 Å². The Kier molecular flexibility index (Phi) is 5.03. The van der Waals surface area contributed by atoms with Crippen molar-refractivity contribution in [3.8, 4) is 0 Å². The topological polar surface area (TPSA) is 29.3 Å². The molecule has 2 nitrogen and oxygen atoms in total. The Hall–Kier alpha value is -0.0800. The van der Waals surface area contributed by atoms with Gasteiger partial charge in [0.1, 0.15) is 0 Å². The summed E-state index contributed by atoms with van der Waals surface area (Å²) >= 11 is 0. The lowest BCUT2D eigenvalue weighted by atomic mass is 9.61. The van der Waals surface area contributed by atoms with Crippen LogP contribution in [-0.2, 0) is 0 Å². The van der Waals surface area contributed by atoms with Crippen molar-refractivity contribution in [2.45, 2.75) is 53.5 Å². The molecular formula is C15H32N2. The van der Waals surface area contributed by atoms with Gasteiger partial charge in [-0.25, -0.2) is 0 Å². The molecule has 17 heavy (non-hydrogen) atoms. The van der Waals surface area contributed by atoms with Crippen LogP contribution in [0.4, 0.5) is 0 Å². The predicted octanol–water partition coefficient (Wildman–Crippen LogP) is 2.97. The first-order chi connectivity index (χ1) is 7.75. The van der Waals surface area contributed by atoms with E-state index in [1.165, 1.54) is 25.9 Å². The van der Waals surface area contributed by atoms with Gasteiger partial charge in [0, 0.05) is 19.1 Å². The molecule has 1 fully saturated rings. The van der Waals surface area contributed by atoms with Gasteiger partial charge in [-0.3, -0.25) is 0 Å². The first-order valence-corrected chi connectivity index (χ1v) is 7.19. The van der Waals surface area contributed by atoms with E-state index in [4.69, 9.17) is 5.73 Å². The molecule has 1 rings (SSSR count). The lowest BCUT2D eigenvalue weighted by molar-refractivity contribution is 0.0319. The second-order valence-electron chi connectivity index (χ2n) is 7.16. The molecule has 0 spiro atoms. The Balaban J connectivity index is 2.59. The van der Waals surface area contributed by atoms with Crippen molar-refractivity contribution in [3.05, 3.63) is 0 Å². The largest absolute Gasteiger partial charge is 0.327 e. The Morgan fingerprint density at radius 3 is 2.41 bits per heavy atom. The van der Waals surface area contributed by atoms with E-state index < -0.39 is 0 Å². The number of nitrogens with two attached hydrogens (primary N) is 1. The lowest BCUT2D eigenvalue weighted by Crippen LogP contribution is -2.49. The lowest BCUT2D eigenvalue weighted by Gasteiger charge is -2.48.